The quantitative estimate of drug-likeness (QED) is 0.267. The molecule has 7 nitrogen and oxygen atoms in total. The molecule has 1 unspecified atom stereocenters. The molecule has 206 valence electrons. The largest absolute Gasteiger partial charge is 0.497 e. The Labute approximate surface area is 236 Å². The van der Waals surface area contributed by atoms with Gasteiger partial charge in [0.05, 0.1) is 24.2 Å². The van der Waals surface area contributed by atoms with E-state index in [0.717, 1.165) is 58.0 Å². The average Bonchev–Trinajstić information content (AvgIpc) is 3.47. The number of fused-ring (bicyclic) bond motifs is 3. The van der Waals surface area contributed by atoms with E-state index in [1.807, 2.05) is 104 Å². The van der Waals surface area contributed by atoms with Crippen molar-refractivity contribution in [1.82, 2.24) is 9.47 Å². The molecule has 1 N–H and O–H groups in total. The number of anilines is 2. The van der Waals surface area contributed by atoms with E-state index in [0.29, 0.717) is 6.54 Å². The molecule has 1 atom stereocenters. The first-order valence-electron chi connectivity index (χ1n) is 13.8. The van der Waals surface area contributed by atoms with Gasteiger partial charge in [0.15, 0.2) is 0 Å². The second kappa shape index (κ2) is 11.7. The number of aromatic nitrogens is 1. The van der Waals surface area contributed by atoms with E-state index in [1.165, 1.54) is 0 Å². The van der Waals surface area contributed by atoms with Crippen LogP contribution in [0.5, 0.6) is 5.75 Å². The van der Waals surface area contributed by atoms with Crippen molar-refractivity contribution in [3.8, 4) is 11.4 Å². The van der Waals surface area contributed by atoms with Crippen LogP contribution in [0, 0.1) is 13.8 Å². The maximum atomic E-state index is 14.3. The summed E-state index contributed by atoms with van der Waals surface area (Å²) in [5, 5.41) is 3.05. The maximum Gasteiger partial charge on any atom is 0.322 e. The molecule has 3 amide bonds. The number of unbranched alkanes of at least 4 members (excludes halogenated alkanes) is 1. The van der Waals surface area contributed by atoms with Gasteiger partial charge in [0, 0.05) is 18.4 Å². The average molecular weight is 537 g/mol. The molecular formula is C33H36N4O3. The number of carbonyl (C=O) groups excluding carboxylic acids is 2. The number of hydrogen-bond donors (Lipinski definition) is 1. The van der Waals surface area contributed by atoms with E-state index < -0.39 is 0 Å². The summed E-state index contributed by atoms with van der Waals surface area (Å²) in [6, 6.07) is 25.0. The van der Waals surface area contributed by atoms with Gasteiger partial charge in [0.2, 0.25) is 5.91 Å². The van der Waals surface area contributed by atoms with Crippen molar-refractivity contribution in [2.75, 3.05) is 30.4 Å². The summed E-state index contributed by atoms with van der Waals surface area (Å²) < 4.78 is 7.52. The van der Waals surface area contributed by atoms with E-state index >= 15 is 0 Å². The van der Waals surface area contributed by atoms with Crippen LogP contribution >= 0.6 is 0 Å². The fraction of sp³-hybridized carbons (Fsp3) is 0.273. The lowest BCUT2D eigenvalue weighted by molar-refractivity contribution is -0.119. The first kappa shape index (κ1) is 27.1. The Kier molecular flexibility index (Phi) is 7.91. The molecule has 1 aromatic heterocycles. The van der Waals surface area contributed by atoms with Crippen molar-refractivity contribution < 1.29 is 14.3 Å². The summed E-state index contributed by atoms with van der Waals surface area (Å²) in [6.45, 7) is 6.53. The Balaban J connectivity index is 1.51. The van der Waals surface area contributed by atoms with Crippen LogP contribution in [0.1, 0.15) is 48.2 Å². The van der Waals surface area contributed by atoms with E-state index in [-0.39, 0.29) is 24.5 Å². The van der Waals surface area contributed by atoms with Gasteiger partial charge in [-0.1, -0.05) is 49.7 Å². The second-order valence-electron chi connectivity index (χ2n) is 10.2. The number of para-hydroxylation sites is 2. The maximum absolute atomic E-state index is 14.3. The van der Waals surface area contributed by atoms with Gasteiger partial charge in [-0.05, 0) is 79.4 Å². The van der Waals surface area contributed by atoms with Crippen LogP contribution in [0.3, 0.4) is 0 Å². The summed E-state index contributed by atoms with van der Waals surface area (Å²) in [5.74, 6) is 0.606. The van der Waals surface area contributed by atoms with Crippen molar-refractivity contribution in [3.63, 3.8) is 0 Å². The molecule has 0 aliphatic carbocycles. The third-order valence-electron chi connectivity index (χ3n) is 7.66. The van der Waals surface area contributed by atoms with Crippen LogP contribution in [0.4, 0.5) is 16.2 Å². The standard InChI is InChI=1S/C33H36N4O3/c1-5-6-20-35(33(39)34-27-12-9-11-23(2)24(27)3)22-31(38)37-29-14-8-7-13-28(29)36-21-10-15-30(36)32(37)25-16-18-26(40-4)19-17-25/h7-19,21,32H,5-6,20,22H2,1-4H3,(H,34,39). The van der Waals surface area contributed by atoms with Crippen LogP contribution in [-0.4, -0.2) is 41.6 Å². The van der Waals surface area contributed by atoms with Gasteiger partial charge in [-0.15, -0.1) is 0 Å². The van der Waals surface area contributed by atoms with Gasteiger partial charge >= 0.3 is 6.03 Å². The minimum Gasteiger partial charge on any atom is -0.497 e. The van der Waals surface area contributed by atoms with Crippen molar-refractivity contribution >= 4 is 23.3 Å². The molecule has 1 aliphatic heterocycles. The zero-order valence-corrected chi connectivity index (χ0v) is 23.6. The number of nitrogens with zero attached hydrogens (tertiary/aromatic N) is 3. The number of carbonyl (C=O) groups is 2. The molecule has 1 aliphatic rings. The number of aryl methyl sites for hydroxylation is 1. The molecule has 3 aromatic carbocycles. The highest BCUT2D eigenvalue weighted by molar-refractivity contribution is 6.01. The first-order valence-corrected chi connectivity index (χ1v) is 13.8. The summed E-state index contributed by atoms with van der Waals surface area (Å²) in [6.07, 6.45) is 3.74. The molecule has 0 saturated carbocycles. The van der Waals surface area contributed by atoms with Crippen LogP contribution in [-0.2, 0) is 4.79 Å². The number of nitrogens with one attached hydrogen (secondary N) is 1. The van der Waals surface area contributed by atoms with Crippen LogP contribution in [0.25, 0.3) is 5.69 Å². The Hall–Kier alpha value is -4.52. The number of methoxy groups -OCH3 is 1. The van der Waals surface area contributed by atoms with Gasteiger partial charge in [0.1, 0.15) is 18.3 Å². The predicted molar refractivity (Wildman–Crippen MR) is 160 cm³/mol. The van der Waals surface area contributed by atoms with E-state index in [1.54, 1.807) is 12.0 Å². The fourth-order valence-corrected chi connectivity index (χ4v) is 5.29. The van der Waals surface area contributed by atoms with Crippen molar-refractivity contribution in [1.29, 1.82) is 0 Å². The number of ether oxygens (including phenoxy) is 1. The van der Waals surface area contributed by atoms with Crippen LogP contribution in [0.2, 0.25) is 0 Å². The lowest BCUT2D eigenvalue weighted by atomic mass is 9.97. The monoisotopic (exact) mass is 536 g/mol. The third kappa shape index (κ3) is 5.19. The molecule has 0 saturated heterocycles. The van der Waals surface area contributed by atoms with Gasteiger partial charge in [-0.25, -0.2) is 4.79 Å². The molecular weight excluding hydrogens is 500 g/mol. The first-order chi connectivity index (χ1) is 19.4. The Morgan fingerprint density at radius 3 is 2.40 bits per heavy atom. The van der Waals surface area contributed by atoms with Crippen molar-refractivity contribution in [3.05, 3.63) is 107 Å². The van der Waals surface area contributed by atoms with Crippen molar-refractivity contribution in [2.24, 2.45) is 0 Å². The molecule has 0 fully saturated rings. The minimum absolute atomic E-state index is 0.0433. The minimum atomic E-state index is -0.363. The Morgan fingerprint density at radius 1 is 0.925 bits per heavy atom. The molecule has 0 radical (unpaired) electrons. The van der Waals surface area contributed by atoms with Gasteiger partial charge < -0.3 is 19.5 Å². The predicted octanol–water partition coefficient (Wildman–Crippen LogP) is 6.87. The fourth-order valence-electron chi connectivity index (χ4n) is 5.29. The normalized spacial score (nSPS) is 13.8. The summed E-state index contributed by atoms with van der Waals surface area (Å²) >= 11 is 0. The van der Waals surface area contributed by atoms with Crippen LogP contribution < -0.4 is 15.0 Å². The van der Waals surface area contributed by atoms with E-state index in [2.05, 4.69) is 16.8 Å². The highest BCUT2D eigenvalue weighted by atomic mass is 16.5. The zero-order valence-electron chi connectivity index (χ0n) is 23.6. The number of amides is 3. The smallest absolute Gasteiger partial charge is 0.322 e. The molecule has 0 bridgehead atoms. The lowest BCUT2D eigenvalue weighted by Gasteiger charge is -2.39. The Morgan fingerprint density at radius 2 is 1.68 bits per heavy atom. The SMILES string of the molecule is CCCCN(CC(=O)N1c2ccccc2-n2cccc2C1c1ccc(OC)cc1)C(=O)Nc1cccc(C)c1C. The zero-order chi connectivity index (χ0) is 28.2. The molecule has 7 heteroatoms. The van der Waals surface area contributed by atoms with E-state index in [9.17, 15) is 9.59 Å². The number of benzene rings is 3. The van der Waals surface area contributed by atoms with Gasteiger partial charge in [-0.3, -0.25) is 9.69 Å². The van der Waals surface area contributed by atoms with E-state index in [4.69, 9.17) is 4.74 Å². The highest BCUT2D eigenvalue weighted by Gasteiger charge is 2.37. The lowest BCUT2D eigenvalue weighted by Crippen LogP contribution is -2.48. The molecule has 40 heavy (non-hydrogen) atoms. The molecule has 2 heterocycles. The van der Waals surface area contributed by atoms with Gasteiger partial charge in [0.25, 0.3) is 0 Å². The molecule has 0 spiro atoms. The Bertz CT molecular complexity index is 1510. The van der Waals surface area contributed by atoms with Gasteiger partial charge in [-0.2, -0.15) is 0 Å². The summed E-state index contributed by atoms with van der Waals surface area (Å²) in [7, 11) is 1.64. The number of rotatable bonds is 8. The summed E-state index contributed by atoms with van der Waals surface area (Å²) in [4.78, 5) is 31.3. The highest BCUT2D eigenvalue weighted by Crippen LogP contribution is 2.42. The van der Waals surface area contributed by atoms with Crippen molar-refractivity contribution in [2.45, 2.75) is 39.7 Å². The molecule has 4 aromatic rings. The second-order valence-corrected chi connectivity index (χ2v) is 10.2. The number of hydrogen-bond acceptors (Lipinski definition) is 3. The third-order valence-corrected chi connectivity index (χ3v) is 7.66. The topological polar surface area (TPSA) is 66.8 Å². The number of urea groups is 1. The molecule has 5 rings (SSSR count). The van der Waals surface area contributed by atoms with Crippen LogP contribution in [0.15, 0.2) is 85.1 Å². The summed E-state index contributed by atoms with van der Waals surface area (Å²) in [5.41, 5.74) is 6.56.